The standard InChI is InChI=1S/C5H11N2S/c1-2-4-6-7-8-5-3-1/h6H,1-5H2. The van der Waals surface area contributed by atoms with Gasteiger partial charge in [-0.15, -0.1) is 0 Å². The lowest BCUT2D eigenvalue weighted by Crippen LogP contribution is -2.22. The van der Waals surface area contributed by atoms with Crippen LogP contribution in [0.5, 0.6) is 0 Å². The molecule has 1 heterocycles. The van der Waals surface area contributed by atoms with Crippen molar-refractivity contribution in [2.24, 2.45) is 0 Å². The van der Waals surface area contributed by atoms with E-state index < -0.39 is 0 Å². The third-order valence-electron chi connectivity index (χ3n) is 1.15. The molecule has 1 N–H and O–H groups in total. The maximum absolute atomic E-state index is 4.00. The van der Waals surface area contributed by atoms with Crippen molar-refractivity contribution in [2.45, 2.75) is 19.3 Å². The first-order valence-corrected chi connectivity index (χ1v) is 3.99. The van der Waals surface area contributed by atoms with Crippen LogP contribution in [0.1, 0.15) is 19.3 Å². The van der Waals surface area contributed by atoms with Gasteiger partial charge in [-0.3, -0.25) is 0 Å². The molecule has 0 aromatic carbocycles. The first-order chi connectivity index (χ1) is 4.00. The van der Waals surface area contributed by atoms with Gasteiger partial charge in [0.15, 0.2) is 0 Å². The van der Waals surface area contributed by atoms with Crippen molar-refractivity contribution in [3.63, 3.8) is 0 Å². The maximum Gasteiger partial charge on any atom is 0.0126 e. The zero-order valence-electron chi connectivity index (χ0n) is 4.89. The lowest BCUT2D eigenvalue weighted by atomic mass is 10.2. The molecule has 3 heteroatoms. The molecule has 1 fully saturated rings. The van der Waals surface area contributed by atoms with Crippen molar-refractivity contribution >= 4 is 11.9 Å². The molecule has 0 aromatic heterocycles. The van der Waals surface area contributed by atoms with Crippen molar-refractivity contribution in [3.05, 3.63) is 0 Å². The van der Waals surface area contributed by atoms with Crippen LogP contribution in [-0.2, 0) is 0 Å². The van der Waals surface area contributed by atoms with Crippen LogP contribution in [0.15, 0.2) is 0 Å². The Labute approximate surface area is 54.5 Å². The number of rotatable bonds is 0. The minimum absolute atomic E-state index is 1.06. The molecule has 1 rings (SSSR count). The van der Waals surface area contributed by atoms with Gasteiger partial charge in [0.2, 0.25) is 0 Å². The molecule has 2 nitrogen and oxygen atoms in total. The van der Waals surface area contributed by atoms with Crippen molar-refractivity contribution in [1.29, 1.82) is 0 Å². The summed E-state index contributed by atoms with van der Waals surface area (Å²) < 4.78 is 0. The molecule has 0 saturated carbocycles. The minimum atomic E-state index is 1.06. The maximum atomic E-state index is 4.00. The number of hydrogen-bond acceptors (Lipinski definition) is 2. The van der Waals surface area contributed by atoms with Crippen LogP contribution in [0, 0.1) is 0 Å². The number of nitrogens with one attached hydrogen (secondary N) is 1. The molecule has 0 aliphatic carbocycles. The van der Waals surface area contributed by atoms with E-state index in [1.807, 2.05) is 0 Å². The van der Waals surface area contributed by atoms with Gasteiger partial charge in [-0.25, -0.2) is 5.43 Å². The summed E-state index contributed by atoms with van der Waals surface area (Å²) in [6, 6.07) is 0. The van der Waals surface area contributed by atoms with Crippen LogP contribution in [0.2, 0.25) is 0 Å². The van der Waals surface area contributed by atoms with Gasteiger partial charge >= 0.3 is 0 Å². The highest BCUT2D eigenvalue weighted by molar-refractivity contribution is 7.97. The quantitative estimate of drug-likeness (QED) is 0.495. The van der Waals surface area contributed by atoms with Gasteiger partial charge < -0.3 is 0 Å². The Kier molecular flexibility index (Phi) is 3.34. The predicted molar refractivity (Wildman–Crippen MR) is 36.4 cm³/mol. The topological polar surface area (TPSA) is 26.1 Å². The Balaban J connectivity index is 2.00. The summed E-state index contributed by atoms with van der Waals surface area (Å²) in [5.41, 5.74) is 2.98. The van der Waals surface area contributed by atoms with Crippen molar-refractivity contribution in [2.75, 3.05) is 12.3 Å². The fraction of sp³-hybridized carbons (Fsp3) is 1.00. The van der Waals surface area contributed by atoms with Gasteiger partial charge in [-0.2, -0.15) is 0 Å². The van der Waals surface area contributed by atoms with E-state index in [1.54, 1.807) is 11.9 Å². The molecule has 0 atom stereocenters. The fourth-order valence-corrected chi connectivity index (χ4v) is 1.29. The molecule has 0 bridgehead atoms. The van der Waals surface area contributed by atoms with E-state index in [0.717, 1.165) is 6.54 Å². The Morgan fingerprint density at radius 2 is 2.25 bits per heavy atom. The van der Waals surface area contributed by atoms with E-state index in [2.05, 4.69) is 10.3 Å². The largest absolute Gasteiger partial charge is 0.229 e. The van der Waals surface area contributed by atoms with Crippen molar-refractivity contribution in [3.8, 4) is 0 Å². The molecular formula is C5H11N2S. The van der Waals surface area contributed by atoms with Gasteiger partial charge in [-0.05, 0) is 24.8 Å². The van der Waals surface area contributed by atoms with Crippen LogP contribution in [0.3, 0.4) is 0 Å². The highest BCUT2D eigenvalue weighted by Gasteiger charge is 1.95. The summed E-state index contributed by atoms with van der Waals surface area (Å²) >= 11 is 1.64. The second kappa shape index (κ2) is 4.18. The summed E-state index contributed by atoms with van der Waals surface area (Å²) in [4.78, 5) is 4.00. The average Bonchev–Trinajstić information content (AvgIpc) is 1.62. The van der Waals surface area contributed by atoms with Crippen LogP contribution >= 0.6 is 11.9 Å². The predicted octanol–water partition coefficient (Wildman–Crippen LogP) is 0.927. The second-order valence-electron chi connectivity index (χ2n) is 1.89. The van der Waals surface area contributed by atoms with Crippen LogP contribution < -0.4 is 10.3 Å². The molecule has 0 amide bonds. The van der Waals surface area contributed by atoms with Gasteiger partial charge in [0, 0.05) is 12.3 Å². The first-order valence-electron chi connectivity index (χ1n) is 3.05. The van der Waals surface area contributed by atoms with E-state index in [-0.39, 0.29) is 0 Å². The first kappa shape index (κ1) is 6.39. The van der Waals surface area contributed by atoms with E-state index in [4.69, 9.17) is 0 Å². The van der Waals surface area contributed by atoms with Crippen molar-refractivity contribution < 1.29 is 0 Å². The average molecular weight is 131 g/mol. The summed E-state index contributed by atoms with van der Waals surface area (Å²) in [5.74, 6) is 1.19. The highest BCUT2D eigenvalue weighted by atomic mass is 32.2. The Bertz CT molecular complexity index is 34.4. The normalized spacial score (nSPS) is 24.0. The third kappa shape index (κ3) is 2.55. The van der Waals surface area contributed by atoms with E-state index in [9.17, 15) is 0 Å². The minimum Gasteiger partial charge on any atom is -0.229 e. The highest BCUT2D eigenvalue weighted by Crippen LogP contribution is 2.04. The molecule has 1 radical (unpaired) electrons. The molecule has 47 valence electrons. The summed E-state index contributed by atoms with van der Waals surface area (Å²) in [7, 11) is 0. The molecule has 0 unspecified atom stereocenters. The smallest absolute Gasteiger partial charge is 0.0126 e. The molecule has 1 aliphatic heterocycles. The number of hydrogen-bond donors (Lipinski definition) is 1. The van der Waals surface area contributed by atoms with E-state index in [1.165, 1.54) is 25.0 Å². The van der Waals surface area contributed by atoms with Gasteiger partial charge in [-0.1, -0.05) is 11.3 Å². The molecule has 1 aliphatic rings. The second-order valence-corrected chi connectivity index (χ2v) is 2.74. The number of nitrogens with zero attached hydrogens (tertiary/aromatic N) is 1. The zero-order chi connectivity index (χ0) is 5.66. The summed E-state index contributed by atoms with van der Waals surface area (Å²) in [6.45, 7) is 1.06. The van der Waals surface area contributed by atoms with Crippen LogP contribution in [-0.4, -0.2) is 12.3 Å². The van der Waals surface area contributed by atoms with Crippen molar-refractivity contribution in [1.82, 2.24) is 10.3 Å². The van der Waals surface area contributed by atoms with Crippen LogP contribution in [0.4, 0.5) is 0 Å². The van der Waals surface area contributed by atoms with Gasteiger partial charge in [0.1, 0.15) is 0 Å². The van der Waals surface area contributed by atoms with Crippen LogP contribution in [0.25, 0.3) is 0 Å². The Morgan fingerprint density at radius 3 is 3.25 bits per heavy atom. The summed E-state index contributed by atoms with van der Waals surface area (Å²) in [6.07, 6.45) is 3.97. The van der Waals surface area contributed by atoms with Gasteiger partial charge in [0.05, 0.1) is 0 Å². The Hall–Kier alpha value is 0.270. The molecule has 1 saturated heterocycles. The molecule has 0 spiro atoms. The molecular weight excluding hydrogens is 120 g/mol. The zero-order valence-corrected chi connectivity index (χ0v) is 5.71. The summed E-state index contributed by atoms with van der Waals surface area (Å²) in [5, 5.41) is 0. The fourth-order valence-electron chi connectivity index (χ4n) is 0.684. The SMILES string of the molecule is C1CCN[N]SCC1. The lowest BCUT2D eigenvalue weighted by Gasteiger charge is -2.06. The third-order valence-corrected chi connectivity index (χ3v) is 1.88. The molecule has 0 aromatic rings. The van der Waals surface area contributed by atoms with E-state index >= 15 is 0 Å². The monoisotopic (exact) mass is 131 g/mol. The lowest BCUT2D eigenvalue weighted by molar-refractivity contribution is 0.593. The molecule has 8 heavy (non-hydrogen) atoms. The van der Waals surface area contributed by atoms with E-state index in [0.29, 0.717) is 0 Å². The Morgan fingerprint density at radius 1 is 1.25 bits per heavy atom. The van der Waals surface area contributed by atoms with Gasteiger partial charge in [0.25, 0.3) is 0 Å².